The van der Waals surface area contributed by atoms with Gasteiger partial charge in [-0.25, -0.2) is 0 Å². The molecule has 0 radical (unpaired) electrons. The number of hydrogen-bond acceptors (Lipinski definition) is 1. The summed E-state index contributed by atoms with van der Waals surface area (Å²) in [6.07, 6.45) is 1.91. The fourth-order valence-electron chi connectivity index (χ4n) is 1.61. The van der Waals surface area contributed by atoms with Crippen LogP contribution in [-0.2, 0) is 0 Å². The molecule has 1 unspecified atom stereocenters. The molecule has 1 aromatic rings. The van der Waals surface area contributed by atoms with Crippen LogP contribution in [0.2, 0.25) is 5.02 Å². The number of carbonyl (C=O) groups is 1. The van der Waals surface area contributed by atoms with Crippen molar-refractivity contribution in [1.29, 1.82) is 0 Å². The average Bonchev–Trinajstić information content (AvgIpc) is 2.34. The molecule has 1 rings (SSSR count). The number of amides is 1. The lowest BCUT2D eigenvalue weighted by Crippen LogP contribution is -2.29. The highest BCUT2D eigenvalue weighted by atomic mass is 79.9. The highest BCUT2D eigenvalue weighted by molar-refractivity contribution is 9.10. The van der Waals surface area contributed by atoms with E-state index in [9.17, 15) is 4.79 Å². The molecule has 0 bridgehead atoms. The lowest BCUT2D eigenvalue weighted by molar-refractivity contribution is 0.0946. The molecule has 0 spiro atoms. The van der Waals surface area contributed by atoms with Crippen LogP contribution in [-0.4, -0.2) is 18.3 Å². The summed E-state index contributed by atoms with van der Waals surface area (Å²) in [6, 6.07) is 5.23. The third-order valence-electron chi connectivity index (χ3n) is 2.82. The summed E-state index contributed by atoms with van der Waals surface area (Å²) in [4.78, 5) is 12.0. The summed E-state index contributed by atoms with van der Waals surface area (Å²) in [5.41, 5.74) is 0.501. The van der Waals surface area contributed by atoms with Crippen molar-refractivity contribution in [2.24, 2.45) is 5.92 Å². The maximum atomic E-state index is 12.0. The number of hydrogen-bond donors (Lipinski definition) is 1. The van der Waals surface area contributed by atoms with Crippen LogP contribution in [0.1, 0.15) is 30.1 Å². The van der Waals surface area contributed by atoms with E-state index in [-0.39, 0.29) is 5.91 Å². The average molecular weight is 353 g/mol. The molecule has 1 N–H and O–H groups in total. The fraction of sp³-hybridized carbons (Fsp3) is 0.462. The molecule has 0 aromatic heterocycles. The number of nitrogens with one attached hydrogen (secondary N) is 1. The molecule has 1 atom stereocenters. The first kappa shape index (κ1) is 15.8. The van der Waals surface area contributed by atoms with Crippen molar-refractivity contribution in [2.75, 3.05) is 12.4 Å². The Labute approximate surface area is 126 Å². The summed E-state index contributed by atoms with van der Waals surface area (Å²) in [6.45, 7) is 2.73. The minimum Gasteiger partial charge on any atom is -0.352 e. The van der Waals surface area contributed by atoms with Crippen molar-refractivity contribution in [3.05, 3.63) is 33.3 Å². The summed E-state index contributed by atoms with van der Waals surface area (Å²) in [7, 11) is 0. The van der Waals surface area contributed by atoms with Gasteiger partial charge in [0, 0.05) is 16.9 Å². The second-order valence-electron chi connectivity index (χ2n) is 4.09. The van der Waals surface area contributed by atoms with Gasteiger partial charge in [-0.3, -0.25) is 4.79 Å². The van der Waals surface area contributed by atoms with Crippen molar-refractivity contribution in [3.8, 4) is 0 Å². The molecule has 0 aliphatic heterocycles. The van der Waals surface area contributed by atoms with Crippen molar-refractivity contribution in [1.82, 2.24) is 5.32 Å². The maximum absolute atomic E-state index is 12.0. The van der Waals surface area contributed by atoms with Crippen LogP contribution in [0.25, 0.3) is 0 Å². The van der Waals surface area contributed by atoms with Crippen LogP contribution in [0.5, 0.6) is 0 Å². The summed E-state index contributed by atoms with van der Waals surface area (Å²) in [5, 5.41) is 3.35. The zero-order chi connectivity index (χ0) is 13.5. The normalized spacial score (nSPS) is 12.2. The number of halogens is 3. The van der Waals surface area contributed by atoms with Gasteiger partial charge in [0.25, 0.3) is 5.91 Å². The van der Waals surface area contributed by atoms with Crippen molar-refractivity contribution < 1.29 is 4.79 Å². The molecule has 100 valence electrons. The van der Waals surface area contributed by atoms with E-state index < -0.39 is 0 Å². The van der Waals surface area contributed by atoms with E-state index in [0.29, 0.717) is 28.9 Å². The monoisotopic (exact) mass is 351 g/mol. The van der Waals surface area contributed by atoms with E-state index in [4.69, 9.17) is 23.2 Å². The van der Waals surface area contributed by atoms with Gasteiger partial charge in [0.05, 0.1) is 10.6 Å². The highest BCUT2D eigenvalue weighted by Gasteiger charge is 2.12. The Morgan fingerprint density at radius 1 is 1.50 bits per heavy atom. The quantitative estimate of drug-likeness (QED) is 0.751. The van der Waals surface area contributed by atoms with Gasteiger partial charge in [-0.15, -0.1) is 11.6 Å². The Kier molecular flexibility index (Phi) is 7.05. The summed E-state index contributed by atoms with van der Waals surface area (Å²) in [5.74, 6) is 0.897. The standard InChI is InChI=1S/C13H16BrCl2NO/c1-2-9(5-6-15)8-17-13(18)11-4-3-10(14)7-12(11)16/h3-4,7,9H,2,5-6,8H2,1H3,(H,17,18). The van der Waals surface area contributed by atoms with E-state index >= 15 is 0 Å². The molecule has 2 nitrogen and oxygen atoms in total. The molecule has 0 aliphatic rings. The third-order valence-corrected chi connectivity index (χ3v) is 3.85. The molecule has 0 saturated carbocycles. The zero-order valence-corrected chi connectivity index (χ0v) is 13.3. The number of benzene rings is 1. The first-order valence-corrected chi connectivity index (χ1v) is 7.58. The second kappa shape index (κ2) is 8.03. The maximum Gasteiger partial charge on any atom is 0.252 e. The fourth-order valence-corrected chi connectivity index (χ4v) is 2.68. The predicted molar refractivity (Wildman–Crippen MR) is 80.6 cm³/mol. The minimum absolute atomic E-state index is 0.138. The minimum atomic E-state index is -0.138. The predicted octanol–water partition coefficient (Wildman–Crippen LogP) is 4.49. The van der Waals surface area contributed by atoms with Crippen molar-refractivity contribution in [3.63, 3.8) is 0 Å². The molecule has 18 heavy (non-hydrogen) atoms. The lowest BCUT2D eigenvalue weighted by atomic mass is 10.0. The van der Waals surface area contributed by atoms with E-state index in [1.165, 1.54) is 0 Å². The van der Waals surface area contributed by atoms with Crippen LogP contribution >= 0.6 is 39.1 Å². The Bertz CT molecular complexity index is 412. The molecule has 0 fully saturated rings. The molecule has 0 aliphatic carbocycles. The molecule has 0 heterocycles. The van der Waals surface area contributed by atoms with Gasteiger partial charge in [0.1, 0.15) is 0 Å². The van der Waals surface area contributed by atoms with Crippen LogP contribution in [0.15, 0.2) is 22.7 Å². The molecule has 0 saturated heterocycles. The second-order valence-corrected chi connectivity index (χ2v) is 5.79. The zero-order valence-electron chi connectivity index (χ0n) is 10.2. The van der Waals surface area contributed by atoms with Crippen LogP contribution in [0.4, 0.5) is 0 Å². The van der Waals surface area contributed by atoms with E-state index in [1.54, 1.807) is 18.2 Å². The number of rotatable bonds is 6. The first-order chi connectivity index (χ1) is 8.58. The molecule has 1 aromatic carbocycles. The van der Waals surface area contributed by atoms with E-state index in [2.05, 4.69) is 28.2 Å². The topological polar surface area (TPSA) is 29.1 Å². The van der Waals surface area contributed by atoms with Crippen LogP contribution in [0, 0.1) is 5.92 Å². The smallest absolute Gasteiger partial charge is 0.252 e. The largest absolute Gasteiger partial charge is 0.352 e. The van der Waals surface area contributed by atoms with Crippen molar-refractivity contribution in [2.45, 2.75) is 19.8 Å². The first-order valence-electron chi connectivity index (χ1n) is 5.87. The molecular weight excluding hydrogens is 337 g/mol. The van der Waals surface area contributed by atoms with Gasteiger partial charge >= 0.3 is 0 Å². The Hall–Kier alpha value is -0.250. The third kappa shape index (κ3) is 4.79. The summed E-state index contributed by atoms with van der Waals surface area (Å²) >= 11 is 15.0. The SMILES string of the molecule is CCC(CCCl)CNC(=O)c1ccc(Br)cc1Cl. The van der Waals surface area contributed by atoms with Crippen LogP contribution < -0.4 is 5.32 Å². The summed E-state index contributed by atoms with van der Waals surface area (Å²) < 4.78 is 0.859. The Morgan fingerprint density at radius 2 is 2.22 bits per heavy atom. The lowest BCUT2D eigenvalue weighted by Gasteiger charge is -2.14. The molecule has 5 heteroatoms. The van der Waals surface area contributed by atoms with Gasteiger partial charge in [-0.1, -0.05) is 40.9 Å². The van der Waals surface area contributed by atoms with E-state index in [1.807, 2.05) is 0 Å². The van der Waals surface area contributed by atoms with Gasteiger partial charge in [-0.05, 0) is 30.5 Å². The van der Waals surface area contributed by atoms with Crippen LogP contribution in [0.3, 0.4) is 0 Å². The highest BCUT2D eigenvalue weighted by Crippen LogP contribution is 2.21. The number of alkyl halides is 1. The van der Waals surface area contributed by atoms with Gasteiger partial charge < -0.3 is 5.32 Å². The van der Waals surface area contributed by atoms with Gasteiger partial charge in [-0.2, -0.15) is 0 Å². The Balaban J connectivity index is 2.59. The number of carbonyl (C=O) groups excluding carboxylic acids is 1. The molecular formula is C13H16BrCl2NO. The van der Waals surface area contributed by atoms with Gasteiger partial charge in [0.15, 0.2) is 0 Å². The Morgan fingerprint density at radius 3 is 2.78 bits per heavy atom. The van der Waals surface area contributed by atoms with E-state index in [0.717, 1.165) is 17.3 Å². The van der Waals surface area contributed by atoms with Crippen molar-refractivity contribution >= 4 is 45.0 Å². The molecule has 1 amide bonds. The van der Waals surface area contributed by atoms with Gasteiger partial charge in [0.2, 0.25) is 0 Å².